The Morgan fingerprint density at radius 2 is 1.72 bits per heavy atom. The standard InChI is InChI=1S/C25H33FN2O/c1-20(2)24-18-28(23-11-7-6-10-22(23)26)19-25(29-24)13-16-27(17-14-25)15-12-21-8-4-3-5-9-21/h3-11,20,24H,12-19H2,1-2H3. The largest absolute Gasteiger partial charge is 0.368 e. The van der Waals surface area contributed by atoms with Crippen molar-refractivity contribution in [3.8, 4) is 0 Å². The summed E-state index contributed by atoms with van der Waals surface area (Å²) in [6, 6.07) is 17.9. The number of piperidine rings is 1. The summed E-state index contributed by atoms with van der Waals surface area (Å²) in [6.07, 6.45) is 3.25. The number of anilines is 1. The second kappa shape index (κ2) is 8.85. The van der Waals surface area contributed by atoms with Gasteiger partial charge in [0.05, 0.1) is 17.4 Å². The molecule has 2 aromatic rings. The fourth-order valence-electron chi connectivity index (χ4n) is 4.66. The van der Waals surface area contributed by atoms with Gasteiger partial charge < -0.3 is 14.5 Å². The van der Waals surface area contributed by atoms with Crippen LogP contribution in [0.2, 0.25) is 0 Å². The third-order valence-corrected chi connectivity index (χ3v) is 6.54. The molecule has 0 saturated carbocycles. The van der Waals surface area contributed by atoms with Crippen molar-refractivity contribution < 1.29 is 9.13 Å². The van der Waals surface area contributed by atoms with E-state index in [1.165, 1.54) is 5.56 Å². The van der Waals surface area contributed by atoms with Crippen LogP contribution in [0.15, 0.2) is 54.6 Å². The van der Waals surface area contributed by atoms with Crippen molar-refractivity contribution in [2.75, 3.05) is 37.6 Å². The minimum atomic E-state index is -0.168. The molecule has 29 heavy (non-hydrogen) atoms. The first kappa shape index (κ1) is 20.4. The van der Waals surface area contributed by atoms with E-state index in [0.29, 0.717) is 11.6 Å². The van der Waals surface area contributed by atoms with Crippen LogP contribution in [-0.4, -0.2) is 49.3 Å². The number of nitrogens with zero attached hydrogens (tertiary/aromatic N) is 2. The third kappa shape index (κ3) is 4.81. The maximum atomic E-state index is 14.5. The molecule has 1 unspecified atom stereocenters. The smallest absolute Gasteiger partial charge is 0.146 e. The van der Waals surface area contributed by atoms with Gasteiger partial charge in [0.15, 0.2) is 0 Å². The Morgan fingerprint density at radius 1 is 1.03 bits per heavy atom. The minimum Gasteiger partial charge on any atom is -0.368 e. The Morgan fingerprint density at radius 3 is 2.41 bits per heavy atom. The number of para-hydroxylation sites is 1. The summed E-state index contributed by atoms with van der Waals surface area (Å²) in [4.78, 5) is 4.77. The van der Waals surface area contributed by atoms with Crippen molar-refractivity contribution in [1.29, 1.82) is 0 Å². The predicted octanol–water partition coefficient (Wildman–Crippen LogP) is 4.76. The zero-order chi connectivity index (χ0) is 20.3. The molecular weight excluding hydrogens is 363 g/mol. The first-order valence-electron chi connectivity index (χ1n) is 11.0. The second-order valence-corrected chi connectivity index (χ2v) is 8.99. The summed E-state index contributed by atoms with van der Waals surface area (Å²) < 4.78 is 21.2. The van der Waals surface area contributed by atoms with Crippen molar-refractivity contribution in [3.05, 3.63) is 66.0 Å². The number of benzene rings is 2. The summed E-state index contributed by atoms with van der Waals surface area (Å²) in [7, 11) is 0. The van der Waals surface area contributed by atoms with Crippen molar-refractivity contribution in [1.82, 2.24) is 4.90 Å². The van der Waals surface area contributed by atoms with E-state index in [2.05, 4.69) is 54.0 Å². The topological polar surface area (TPSA) is 15.7 Å². The Balaban J connectivity index is 1.42. The van der Waals surface area contributed by atoms with Gasteiger partial charge in [-0.15, -0.1) is 0 Å². The third-order valence-electron chi connectivity index (χ3n) is 6.54. The Labute approximate surface area is 174 Å². The van der Waals surface area contributed by atoms with Crippen LogP contribution in [0.25, 0.3) is 0 Å². The molecule has 3 nitrogen and oxygen atoms in total. The molecular formula is C25H33FN2O. The van der Waals surface area contributed by atoms with E-state index >= 15 is 0 Å². The highest BCUT2D eigenvalue weighted by Crippen LogP contribution is 2.36. The van der Waals surface area contributed by atoms with E-state index in [-0.39, 0.29) is 17.5 Å². The molecule has 4 heteroatoms. The summed E-state index contributed by atoms with van der Waals surface area (Å²) in [5, 5.41) is 0. The molecule has 0 N–H and O–H groups in total. The molecule has 0 aromatic heterocycles. The van der Waals surface area contributed by atoms with E-state index in [1.54, 1.807) is 12.1 Å². The first-order valence-corrected chi connectivity index (χ1v) is 11.0. The average Bonchev–Trinajstić information content (AvgIpc) is 2.74. The van der Waals surface area contributed by atoms with E-state index in [9.17, 15) is 4.39 Å². The Kier molecular flexibility index (Phi) is 6.21. The Bertz CT molecular complexity index is 786. The van der Waals surface area contributed by atoms with Gasteiger partial charge >= 0.3 is 0 Å². The van der Waals surface area contributed by atoms with E-state index in [4.69, 9.17) is 4.74 Å². The number of likely N-dealkylation sites (tertiary alicyclic amines) is 1. The van der Waals surface area contributed by atoms with Crippen molar-refractivity contribution in [2.45, 2.75) is 44.8 Å². The molecule has 2 aliphatic rings. The van der Waals surface area contributed by atoms with Crippen molar-refractivity contribution >= 4 is 5.69 Å². The van der Waals surface area contributed by atoms with Gasteiger partial charge in [0.25, 0.3) is 0 Å². The van der Waals surface area contributed by atoms with Crippen LogP contribution < -0.4 is 4.90 Å². The highest BCUT2D eigenvalue weighted by Gasteiger charge is 2.44. The summed E-state index contributed by atoms with van der Waals surface area (Å²) in [6.45, 7) is 9.13. The molecule has 1 spiro atoms. The molecule has 0 aliphatic carbocycles. The molecule has 156 valence electrons. The van der Waals surface area contributed by atoms with Gasteiger partial charge in [-0.2, -0.15) is 0 Å². The molecule has 2 fully saturated rings. The zero-order valence-electron chi connectivity index (χ0n) is 17.7. The fraction of sp³-hybridized carbons (Fsp3) is 0.520. The maximum absolute atomic E-state index is 14.5. The highest BCUT2D eigenvalue weighted by atomic mass is 19.1. The molecule has 0 bridgehead atoms. The van der Waals surface area contributed by atoms with Gasteiger partial charge in [0.2, 0.25) is 0 Å². The van der Waals surface area contributed by atoms with Gasteiger partial charge in [-0.3, -0.25) is 0 Å². The SMILES string of the molecule is CC(C)C1CN(c2ccccc2F)CC2(CCN(CCc3ccccc3)CC2)O1. The minimum absolute atomic E-state index is 0.132. The van der Waals surface area contributed by atoms with E-state index < -0.39 is 0 Å². The lowest BCUT2D eigenvalue weighted by Gasteiger charge is -2.51. The van der Waals surface area contributed by atoms with Crippen LogP contribution in [0.4, 0.5) is 10.1 Å². The molecule has 0 amide bonds. The molecule has 2 heterocycles. The lowest BCUT2D eigenvalue weighted by molar-refractivity contribution is -0.146. The first-order chi connectivity index (χ1) is 14.0. The van der Waals surface area contributed by atoms with Crippen LogP contribution in [0.3, 0.4) is 0 Å². The summed E-state index contributed by atoms with van der Waals surface area (Å²) in [5.41, 5.74) is 1.94. The number of rotatable bonds is 5. The normalized spacial score (nSPS) is 22.3. The quantitative estimate of drug-likeness (QED) is 0.724. The number of morpholine rings is 1. The van der Waals surface area contributed by atoms with Crippen LogP contribution in [0.5, 0.6) is 0 Å². The molecule has 1 atom stereocenters. The van der Waals surface area contributed by atoms with Gasteiger partial charge in [-0.25, -0.2) is 4.39 Å². The van der Waals surface area contributed by atoms with E-state index in [0.717, 1.165) is 52.0 Å². The monoisotopic (exact) mass is 396 g/mol. The van der Waals surface area contributed by atoms with Crippen LogP contribution in [0.1, 0.15) is 32.3 Å². The molecule has 2 saturated heterocycles. The Hall–Kier alpha value is -1.91. The molecule has 0 radical (unpaired) electrons. The number of ether oxygens (including phenoxy) is 1. The van der Waals surface area contributed by atoms with Crippen LogP contribution in [0, 0.1) is 11.7 Å². The van der Waals surface area contributed by atoms with Gasteiger partial charge in [0.1, 0.15) is 5.82 Å². The molecule has 2 aromatic carbocycles. The van der Waals surface area contributed by atoms with Crippen LogP contribution >= 0.6 is 0 Å². The van der Waals surface area contributed by atoms with Gasteiger partial charge in [-0.1, -0.05) is 56.3 Å². The van der Waals surface area contributed by atoms with Crippen LogP contribution in [-0.2, 0) is 11.2 Å². The molecule has 4 rings (SSSR count). The zero-order valence-corrected chi connectivity index (χ0v) is 17.7. The summed E-state index contributed by atoms with van der Waals surface area (Å²) >= 11 is 0. The second-order valence-electron chi connectivity index (χ2n) is 8.99. The number of hydrogen-bond acceptors (Lipinski definition) is 3. The van der Waals surface area contributed by atoms with Gasteiger partial charge in [0, 0.05) is 32.7 Å². The van der Waals surface area contributed by atoms with Crippen molar-refractivity contribution in [3.63, 3.8) is 0 Å². The lowest BCUT2D eigenvalue weighted by atomic mass is 9.87. The number of hydrogen-bond donors (Lipinski definition) is 0. The maximum Gasteiger partial charge on any atom is 0.146 e. The average molecular weight is 397 g/mol. The summed E-state index contributed by atoms with van der Waals surface area (Å²) in [5.74, 6) is 0.282. The fourth-order valence-corrected chi connectivity index (χ4v) is 4.66. The molecule has 2 aliphatic heterocycles. The van der Waals surface area contributed by atoms with E-state index in [1.807, 2.05) is 12.1 Å². The van der Waals surface area contributed by atoms with Gasteiger partial charge in [-0.05, 0) is 42.9 Å². The highest BCUT2D eigenvalue weighted by molar-refractivity contribution is 5.48. The van der Waals surface area contributed by atoms with Crippen molar-refractivity contribution in [2.24, 2.45) is 5.92 Å². The predicted molar refractivity (Wildman–Crippen MR) is 117 cm³/mol. The number of halogens is 1. The lowest BCUT2D eigenvalue weighted by Crippen LogP contribution is -2.61.